The Balaban J connectivity index is 0. The Morgan fingerprint density at radius 3 is 2.38 bits per heavy atom. The molecule has 7 heteroatoms. The van der Waals surface area contributed by atoms with Gasteiger partial charge in [0.15, 0.2) is 5.96 Å². The number of carbonyl (C=O) groups excluding carboxylic acids is 1. The first kappa shape index (κ1) is 23.1. The smallest absolute Gasteiger partial charge is 0.243 e. The minimum absolute atomic E-state index is 0. The van der Waals surface area contributed by atoms with E-state index in [1.165, 1.54) is 19.3 Å². The Hall–Kier alpha value is -0.180. The largest absolute Gasteiger partial charge is 0.356 e. The number of hydrogen-bond acceptors (Lipinski definition) is 3. The van der Waals surface area contributed by atoms with Gasteiger partial charge in [-0.15, -0.1) is 24.0 Å². The number of guanidine groups is 1. The van der Waals surface area contributed by atoms with Gasteiger partial charge in [0.2, 0.25) is 5.91 Å². The van der Waals surface area contributed by atoms with Crippen LogP contribution in [0.4, 0.5) is 0 Å². The van der Waals surface area contributed by atoms with E-state index in [-0.39, 0.29) is 36.4 Å². The van der Waals surface area contributed by atoms with Crippen LogP contribution in [0.25, 0.3) is 0 Å². The topological polar surface area (TPSA) is 56.7 Å². The monoisotopic (exact) mass is 430 g/mol. The number of nitrogens with zero attached hydrogens (tertiary/aromatic N) is 2. The van der Waals surface area contributed by atoms with Crippen molar-refractivity contribution in [2.45, 2.75) is 32.6 Å². The van der Waals surface area contributed by atoms with Gasteiger partial charge < -0.3 is 15.5 Å². The number of amides is 1. The molecule has 0 aromatic heterocycles. The molecule has 2 N–H and O–H groups in total. The second-order valence-corrected chi connectivity index (χ2v) is 5.85. The summed E-state index contributed by atoms with van der Waals surface area (Å²) in [4.78, 5) is 17.4. The fourth-order valence-corrected chi connectivity index (χ4v) is 1.80. The highest BCUT2D eigenvalue weighted by atomic mass is 127. The molecule has 0 spiro atoms. The molecule has 0 saturated carbocycles. The lowest BCUT2D eigenvalue weighted by molar-refractivity contribution is -0.127. The fraction of sp³-hybridized carbons (Fsp3) is 0.857. The van der Waals surface area contributed by atoms with Crippen LogP contribution >= 0.6 is 35.7 Å². The minimum Gasteiger partial charge on any atom is -0.356 e. The zero-order valence-corrected chi connectivity index (χ0v) is 16.9. The first-order chi connectivity index (χ1) is 9.61. The van der Waals surface area contributed by atoms with E-state index < -0.39 is 0 Å². The average Bonchev–Trinajstić information content (AvgIpc) is 2.43. The number of nitrogens with one attached hydrogen (secondary N) is 2. The maximum Gasteiger partial charge on any atom is 0.243 e. The predicted octanol–water partition coefficient (Wildman–Crippen LogP) is 2.17. The van der Waals surface area contributed by atoms with Crippen LogP contribution in [0, 0.1) is 0 Å². The molecule has 0 aliphatic carbocycles. The second kappa shape index (κ2) is 16.2. The summed E-state index contributed by atoms with van der Waals surface area (Å²) in [5.41, 5.74) is 0. The molecule has 0 fully saturated rings. The second-order valence-electron chi connectivity index (χ2n) is 4.86. The molecular formula is C14H31IN4OS. The van der Waals surface area contributed by atoms with Crippen LogP contribution < -0.4 is 10.6 Å². The minimum atomic E-state index is 0. The molecule has 21 heavy (non-hydrogen) atoms. The lowest BCUT2D eigenvalue weighted by Gasteiger charge is -2.13. The fourth-order valence-electron chi connectivity index (χ4n) is 1.49. The molecule has 0 heterocycles. The molecule has 0 radical (unpaired) electrons. The molecule has 1 amide bonds. The van der Waals surface area contributed by atoms with E-state index in [1.807, 2.05) is 0 Å². The molecule has 0 aromatic rings. The highest BCUT2D eigenvalue weighted by Crippen LogP contribution is 1.97. The van der Waals surface area contributed by atoms with Crippen molar-refractivity contribution < 1.29 is 4.79 Å². The number of thioether (sulfide) groups is 1. The molecule has 0 bridgehead atoms. The van der Waals surface area contributed by atoms with Gasteiger partial charge >= 0.3 is 0 Å². The maximum atomic E-state index is 11.6. The van der Waals surface area contributed by atoms with Crippen molar-refractivity contribution in [2.24, 2.45) is 4.99 Å². The van der Waals surface area contributed by atoms with E-state index in [4.69, 9.17) is 0 Å². The Labute approximate surface area is 151 Å². The molecule has 126 valence electrons. The van der Waals surface area contributed by atoms with Crippen molar-refractivity contribution in [1.29, 1.82) is 0 Å². The Bertz CT molecular complexity index is 288. The third kappa shape index (κ3) is 14.5. The quantitative estimate of drug-likeness (QED) is 0.242. The van der Waals surface area contributed by atoms with Crippen LogP contribution in [-0.2, 0) is 4.79 Å². The molecular weight excluding hydrogens is 399 g/mol. The molecule has 0 rings (SSSR count). The highest BCUT2D eigenvalue weighted by Gasteiger charge is 2.04. The van der Waals surface area contributed by atoms with Gasteiger partial charge in [-0.2, -0.15) is 11.8 Å². The van der Waals surface area contributed by atoms with E-state index in [0.29, 0.717) is 0 Å². The number of rotatable bonds is 10. The van der Waals surface area contributed by atoms with Gasteiger partial charge in [0, 0.05) is 32.9 Å². The van der Waals surface area contributed by atoms with Gasteiger partial charge in [0.1, 0.15) is 6.54 Å². The summed E-state index contributed by atoms with van der Waals surface area (Å²) in [5, 5.41) is 6.54. The van der Waals surface area contributed by atoms with Crippen LogP contribution in [0.15, 0.2) is 4.99 Å². The third-order valence-corrected chi connectivity index (χ3v) is 3.41. The van der Waals surface area contributed by atoms with Crippen molar-refractivity contribution in [3.8, 4) is 0 Å². The summed E-state index contributed by atoms with van der Waals surface area (Å²) in [6, 6.07) is 0. The van der Waals surface area contributed by atoms with E-state index in [2.05, 4.69) is 28.8 Å². The number of aliphatic imine (C=N–C) groups is 1. The van der Waals surface area contributed by atoms with Gasteiger partial charge in [-0.05, 0) is 12.7 Å². The first-order valence-corrected chi connectivity index (χ1v) is 8.72. The number of carbonyl (C=O) groups is 1. The third-order valence-electron chi connectivity index (χ3n) is 2.79. The van der Waals surface area contributed by atoms with Gasteiger partial charge in [-0.1, -0.05) is 26.2 Å². The van der Waals surface area contributed by atoms with Gasteiger partial charge in [0.05, 0.1) is 0 Å². The summed E-state index contributed by atoms with van der Waals surface area (Å²) in [6.45, 7) is 4.16. The van der Waals surface area contributed by atoms with E-state index >= 15 is 0 Å². The van der Waals surface area contributed by atoms with Crippen LogP contribution in [0.1, 0.15) is 32.6 Å². The lowest BCUT2D eigenvalue weighted by Crippen LogP contribution is -2.40. The SMILES string of the molecule is CCCCCCNC(=NCC(=O)N(C)C)NCCSC.I. The first-order valence-electron chi connectivity index (χ1n) is 7.33. The molecule has 0 atom stereocenters. The highest BCUT2D eigenvalue weighted by molar-refractivity contribution is 14.0. The number of likely N-dealkylation sites (N-methyl/N-ethyl adjacent to an activating group) is 1. The van der Waals surface area contributed by atoms with E-state index in [0.717, 1.165) is 31.2 Å². The predicted molar refractivity (Wildman–Crippen MR) is 105 cm³/mol. The van der Waals surface area contributed by atoms with Crippen LogP contribution in [0.3, 0.4) is 0 Å². The number of unbranched alkanes of at least 4 members (excludes halogenated alkanes) is 3. The normalized spacial score (nSPS) is 10.8. The van der Waals surface area contributed by atoms with Crippen LogP contribution in [0.5, 0.6) is 0 Å². The van der Waals surface area contributed by atoms with Crippen molar-refractivity contribution >= 4 is 47.6 Å². The molecule has 0 saturated heterocycles. The zero-order valence-electron chi connectivity index (χ0n) is 13.8. The Morgan fingerprint density at radius 2 is 1.81 bits per heavy atom. The van der Waals surface area contributed by atoms with Crippen molar-refractivity contribution in [3.63, 3.8) is 0 Å². The zero-order chi connectivity index (χ0) is 15.2. The molecule has 5 nitrogen and oxygen atoms in total. The molecule has 0 aromatic carbocycles. The van der Waals surface area contributed by atoms with E-state index in [9.17, 15) is 4.79 Å². The summed E-state index contributed by atoms with van der Waals surface area (Å²) in [6.07, 6.45) is 6.96. The average molecular weight is 430 g/mol. The molecule has 0 aliphatic heterocycles. The summed E-state index contributed by atoms with van der Waals surface area (Å²) in [5.74, 6) is 1.78. The van der Waals surface area contributed by atoms with Crippen LogP contribution in [-0.4, -0.2) is 62.5 Å². The number of halogens is 1. The lowest BCUT2D eigenvalue weighted by atomic mass is 10.2. The molecule has 0 aliphatic rings. The summed E-state index contributed by atoms with van der Waals surface area (Å²) >= 11 is 1.79. The molecule has 0 unspecified atom stereocenters. The summed E-state index contributed by atoms with van der Waals surface area (Å²) in [7, 11) is 3.49. The number of hydrogen-bond donors (Lipinski definition) is 2. The summed E-state index contributed by atoms with van der Waals surface area (Å²) < 4.78 is 0. The van der Waals surface area contributed by atoms with E-state index in [1.54, 1.807) is 30.8 Å². The van der Waals surface area contributed by atoms with Crippen molar-refractivity contribution in [1.82, 2.24) is 15.5 Å². The van der Waals surface area contributed by atoms with Crippen molar-refractivity contribution in [2.75, 3.05) is 45.7 Å². The Morgan fingerprint density at radius 1 is 1.14 bits per heavy atom. The van der Waals surface area contributed by atoms with Crippen molar-refractivity contribution in [3.05, 3.63) is 0 Å². The van der Waals surface area contributed by atoms with Gasteiger partial charge in [0.25, 0.3) is 0 Å². The van der Waals surface area contributed by atoms with Gasteiger partial charge in [-0.3, -0.25) is 4.79 Å². The maximum absolute atomic E-state index is 11.6. The van der Waals surface area contributed by atoms with Crippen LogP contribution in [0.2, 0.25) is 0 Å². The Kier molecular flexibility index (Phi) is 17.8. The standard InChI is InChI=1S/C14H30N4OS.HI/c1-5-6-7-8-9-15-14(16-10-11-20-4)17-12-13(19)18(2)3;/h5-12H2,1-4H3,(H2,15,16,17);1H. The van der Waals surface area contributed by atoms with Gasteiger partial charge in [-0.25, -0.2) is 4.99 Å².